The number of aryl methyl sites for hydroxylation is 3. The van der Waals surface area contributed by atoms with Gasteiger partial charge in [0, 0.05) is 16.8 Å². The molecule has 0 radical (unpaired) electrons. The number of phenolic OH excluding ortho intramolecular Hbond substituents is 3. The van der Waals surface area contributed by atoms with Crippen LogP contribution in [0, 0.1) is 34.6 Å². The molecule has 0 heterocycles. The van der Waals surface area contributed by atoms with E-state index in [1.807, 2.05) is 82.0 Å². The molecule has 174 valence electrons. The maximum absolute atomic E-state index is 10.5. The fraction of sp³-hybridized carbons (Fsp3) is 0.172. The van der Waals surface area contributed by atoms with Crippen LogP contribution in [0.4, 0.5) is 17.1 Å². The van der Waals surface area contributed by atoms with Gasteiger partial charge in [-0.05, 0) is 112 Å². The van der Waals surface area contributed by atoms with E-state index < -0.39 is 0 Å². The molecule has 0 amide bonds. The van der Waals surface area contributed by atoms with E-state index in [1.54, 1.807) is 24.3 Å². The van der Waals surface area contributed by atoms with Crippen LogP contribution in [0.2, 0.25) is 0 Å². The summed E-state index contributed by atoms with van der Waals surface area (Å²) in [7, 11) is 0. The number of nitrogens with zero attached hydrogens (tertiary/aromatic N) is 1. The van der Waals surface area contributed by atoms with Crippen LogP contribution in [0.5, 0.6) is 28.7 Å². The van der Waals surface area contributed by atoms with Crippen molar-refractivity contribution in [3.8, 4) is 28.7 Å². The lowest BCUT2D eigenvalue weighted by atomic mass is 10.0. The van der Waals surface area contributed by atoms with Gasteiger partial charge in [-0.25, -0.2) is 0 Å². The lowest BCUT2D eigenvalue weighted by Crippen LogP contribution is -2.13. The van der Waals surface area contributed by atoms with Gasteiger partial charge in [0.1, 0.15) is 17.2 Å². The molecule has 3 N–H and O–H groups in total. The zero-order valence-electron chi connectivity index (χ0n) is 20.0. The quantitative estimate of drug-likeness (QED) is 0.289. The fourth-order valence-electron chi connectivity index (χ4n) is 4.01. The monoisotopic (exact) mass is 455 g/mol. The zero-order chi connectivity index (χ0) is 24.6. The summed E-state index contributed by atoms with van der Waals surface area (Å²) >= 11 is 0. The predicted molar refractivity (Wildman–Crippen MR) is 136 cm³/mol. The maximum Gasteiger partial charge on any atom is 0.169 e. The van der Waals surface area contributed by atoms with E-state index in [4.69, 9.17) is 4.74 Å². The van der Waals surface area contributed by atoms with Crippen molar-refractivity contribution >= 4 is 17.1 Å². The number of aromatic hydroxyl groups is 3. The molecule has 34 heavy (non-hydrogen) atoms. The second-order valence-electron chi connectivity index (χ2n) is 8.76. The fourth-order valence-corrected chi connectivity index (χ4v) is 4.01. The smallest absolute Gasteiger partial charge is 0.169 e. The van der Waals surface area contributed by atoms with Gasteiger partial charge in [0.2, 0.25) is 0 Å². The highest BCUT2D eigenvalue weighted by Crippen LogP contribution is 2.44. The van der Waals surface area contributed by atoms with E-state index in [9.17, 15) is 15.3 Å². The minimum Gasteiger partial charge on any atom is -0.508 e. The maximum atomic E-state index is 10.5. The van der Waals surface area contributed by atoms with Gasteiger partial charge in [-0.2, -0.15) is 0 Å². The Morgan fingerprint density at radius 1 is 0.559 bits per heavy atom. The summed E-state index contributed by atoms with van der Waals surface area (Å²) < 4.78 is 5.91. The topological polar surface area (TPSA) is 73.2 Å². The molecule has 0 fully saturated rings. The third-order valence-corrected chi connectivity index (χ3v) is 5.91. The first-order valence-corrected chi connectivity index (χ1v) is 11.1. The van der Waals surface area contributed by atoms with Crippen LogP contribution in [-0.2, 0) is 0 Å². The van der Waals surface area contributed by atoms with E-state index in [0.29, 0.717) is 11.5 Å². The second-order valence-corrected chi connectivity index (χ2v) is 8.76. The molecular weight excluding hydrogens is 426 g/mol. The summed E-state index contributed by atoms with van der Waals surface area (Å²) in [6.45, 7) is 9.56. The summed E-state index contributed by atoms with van der Waals surface area (Å²) in [6, 6.07) is 20.2. The van der Waals surface area contributed by atoms with E-state index in [0.717, 1.165) is 44.9 Å². The molecule has 0 aromatic heterocycles. The minimum absolute atomic E-state index is 0.0769. The molecule has 4 rings (SSSR count). The van der Waals surface area contributed by atoms with Gasteiger partial charge in [-0.1, -0.05) is 6.07 Å². The summed E-state index contributed by atoms with van der Waals surface area (Å²) in [5.74, 6) is 1.47. The number of benzene rings is 4. The molecule has 0 aliphatic rings. The van der Waals surface area contributed by atoms with E-state index >= 15 is 0 Å². The Balaban J connectivity index is 1.83. The molecule has 0 atom stereocenters. The molecule has 0 aliphatic carbocycles. The summed E-state index contributed by atoms with van der Waals surface area (Å²) in [4.78, 5) is 2.03. The van der Waals surface area contributed by atoms with E-state index in [2.05, 4.69) is 0 Å². The number of ether oxygens (including phenoxy) is 1. The molecule has 0 saturated carbocycles. The van der Waals surface area contributed by atoms with Crippen LogP contribution < -0.4 is 9.64 Å². The van der Waals surface area contributed by atoms with Crippen LogP contribution in [0.15, 0.2) is 66.7 Å². The highest BCUT2D eigenvalue weighted by molar-refractivity contribution is 5.83. The van der Waals surface area contributed by atoms with Gasteiger partial charge >= 0.3 is 0 Å². The standard InChI is InChI=1S/C29H29NO4/c1-17-6-11-26(31)29(16-17)34-23-9-7-22(8-10-23)30(24-12-18(2)14-27(32)20(24)4)25-13-19(3)15-28(33)21(25)5/h6-16,31-33H,1-5H3. The van der Waals surface area contributed by atoms with Crippen molar-refractivity contribution in [2.45, 2.75) is 34.6 Å². The van der Waals surface area contributed by atoms with Gasteiger partial charge in [0.05, 0.1) is 11.4 Å². The van der Waals surface area contributed by atoms with Gasteiger partial charge in [0.15, 0.2) is 11.5 Å². The lowest BCUT2D eigenvalue weighted by molar-refractivity contribution is 0.411. The number of hydrogen-bond acceptors (Lipinski definition) is 5. The SMILES string of the molecule is Cc1ccc(O)c(Oc2ccc(N(c3cc(C)cc(O)c3C)c3cc(C)cc(O)c3C)cc2)c1. The van der Waals surface area contributed by atoms with Crippen LogP contribution in [0.25, 0.3) is 0 Å². The van der Waals surface area contributed by atoms with E-state index in [-0.39, 0.29) is 17.2 Å². The van der Waals surface area contributed by atoms with Crippen molar-refractivity contribution in [1.29, 1.82) is 0 Å². The minimum atomic E-state index is 0.0769. The first-order chi connectivity index (χ1) is 16.1. The van der Waals surface area contributed by atoms with Gasteiger partial charge < -0.3 is 25.0 Å². The number of anilines is 3. The van der Waals surface area contributed by atoms with Crippen molar-refractivity contribution in [3.63, 3.8) is 0 Å². The highest BCUT2D eigenvalue weighted by Gasteiger charge is 2.20. The largest absolute Gasteiger partial charge is 0.508 e. The highest BCUT2D eigenvalue weighted by atomic mass is 16.5. The molecule has 0 spiro atoms. The van der Waals surface area contributed by atoms with Crippen molar-refractivity contribution in [2.75, 3.05) is 4.90 Å². The Labute approximate surface area is 200 Å². The molecule has 5 heteroatoms. The second kappa shape index (κ2) is 9.02. The van der Waals surface area contributed by atoms with Crippen molar-refractivity contribution in [2.24, 2.45) is 0 Å². The average Bonchev–Trinajstić information content (AvgIpc) is 2.78. The molecule has 4 aromatic carbocycles. The summed E-state index contributed by atoms with van der Waals surface area (Å²) in [6.07, 6.45) is 0. The van der Waals surface area contributed by atoms with Crippen molar-refractivity contribution < 1.29 is 20.1 Å². The molecular formula is C29H29NO4. The Morgan fingerprint density at radius 3 is 1.62 bits per heavy atom. The molecule has 4 aromatic rings. The number of hydrogen-bond donors (Lipinski definition) is 3. The van der Waals surface area contributed by atoms with E-state index in [1.165, 1.54) is 0 Å². The Kier molecular flexibility index (Phi) is 6.12. The first-order valence-electron chi connectivity index (χ1n) is 11.1. The Hall–Kier alpha value is -4.12. The van der Waals surface area contributed by atoms with Gasteiger partial charge in [-0.3, -0.25) is 0 Å². The third kappa shape index (κ3) is 4.50. The number of phenols is 3. The Bertz CT molecular complexity index is 1300. The molecule has 0 saturated heterocycles. The van der Waals surface area contributed by atoms with Crippen LogP contribution in [0.3, 0.4) is 0 Å². The van der Waals surface area contributed by atoms with Crippen molar-refractivity contribution in [3.05, 3.63) is 94.5 Å². The van der Waals surface area contributed by atoms with Gasteiger partial charge in [-0.15, -0.1) is 0 Å². The average molecular weight is 456 g/mol. The summed E-state index contributed by atoms with van der Waals surface area (Å²) in [5, 5.41) is 31.2. The van der Waals surface area contributed by atoms with Crippen LogP contribution in [-0.4, -0.2) is 15.3 Å². The number of rotatable bonds is 5. The summed E-state index contributed by atoms with van der Waals surface area (Å²) in [5.41, 5.74) is 6.76. The molecule has 0 bridgehead atoms. The van der Waals surface area contributed by atoms with Crippen LogP contribution in [0.1, 0.15) is 27.8 Å². The zero-order valence-corrected chi connectivity index (χ0v) is 20.0. The first kappa shape index (κ1) is 23.1. The van der Waals surface area contributed by atoms with Gasteiger partial charge in [0.25, 0.3) is 0 Å². The molecule has 5 nitrogen and oxygen atoms in total. The van der Waals surface area contributed by atoms with Crippen LogP contribution >= 0.6 is 0 Å². The normalized spacial score (nSPS) is 10.9. The Morgan fingerprint density at radius 2 is 1.09 bits per heavy atom. The molecule has 0 unspecified atom stereocenters. The van der Waals surface area contributed by atoms with Crippen molar-refractivity contribution in [1.82, 2.24) is 0 Å². The molecule has 0 aliphatic heterocycles. The third-order valence-electron chi connectivity index (χ3n) is 5.91. The lowest BCUT2D eigenvalue weighted by Gasteiger charge is -2.30. The predicted octanol–water partition coefficient (Wildman–Crippen LogP) is 7.61.